The zero-order valence-electron chi connectivity index (χ0n) is 10.3. The third kappa shape index (κ3) is 2.79. The van der Waals surface area contributed by atoms with Gasteiger partial charge in [0.1, 0.15) is 11.6 Å². The molecule has 0 aliphatic heterocycles. The number of nitrogens with zero attached hydrogens (tertiary/aromatic N) is 3. The lowest BCUT2D eigenvalue weighted by Crippen LogP contribution is -2.13. The predicted molar refractivity (Wildman–Crippen MR) is 70.5 cm³/mol. The number of imidazole rings is 1. The second-order valence-corrected chi connectivity index (χ2v) is 3.94. The first-order chi connectivity index (χ1) is 9.11. The highest BCUT2D eigenvalue weighted by molar-refractivity contribution is 5.57. The molecule has 0 aromatic carbocycles. The minimum absolute atomic E-state index is 0.0524. The molecule has 0 aliphatic carbocycles. The van der Waals surface area contributed by atoms with Crippen molar-refractivity contribution < 1.29 is 4.92 Å². The fourth-order valence-corrected chi connectivity index (χ4v) is 1.71. The third-order valence-electron chi connectivity index (χ3n) is 2.68. The number of nitro groups is 1. The fraction of sp³-hybridized carbons (Fsp3) is 0.273. The average Bonchev–Trinajstić information content (AvgIpc) is 2.89. The Morgan fingerprint density at radius 2 is 2.37 bits per heavy atom. The Bertz CT molecular complexity index is 569. The normalized spacial score (nSPS) is 12.1. The smallest absolute Gasteiger partial charge is 0.311 e. The molecule has 8 nitrogen and oxygen atoms in total. The van der Waals surface area contributed by atoms with Gasteiger partial charge in [0, 0.05) is 18.5 Å². The number of rotatable bonds is 5. The van der Waals surface area contributed by atoms with Crippen LogP contribution in [0.4, 0.5) is 17.3 Å². The van der Waals surface area contributed by atoms with Crippen molar-refractivity contribution in [3.8, 4) is 0 Å². The van der Waals surface area contributed by atoms with Crippen LogP contribution in [0, 0.1) is 10.1 Å². The number of pyridine rings is 1. The molecule has 0 radical (unpaired) electrons. The number of hydrogen-bond acceptors (Lipinski definition) is 6. The average molecular weight is 262 g/mol. The first kappa shape index (κ1) is 12.8. The van der Waals surface area contributed by atoms with Crippen molar-refractivity contribution in [1.29, 1.82) is 0 Å². The zero-order chi connectivity index (χ0) is 13.8. The van der Waals surface area contributed by atoms with Gasteiger partial charge in [-0.05, 0) is 12.5 Å². The van der Waals surface area contributed by atoms with Gasteiger partial charge in [0.15, 0.2) is 0 Å². The molecule has 0 amide bonds. The van der Waals surface area contributed by atoms with Gasteiger partial charge in [0.25, 0.3) is 0 Å². The number of aromatic amines is 1. The molecule has 8 heteroatoms. The van der Waals surface area contributed by atoms with Gasteiger partial charge >= 0.3 is 5.69 Å². The van der Waals surface area contributed by atoms with E-state index in [1.165, 1.54) is 12.1 Å². The summed E-state index contributed by atoms with van der Waals surface area (Å²) in [6.45, 7) is 1.99. The van der Waals surface area contributed by atoms with E-state index in [-0.39, 0.29) is 17.5 Å². The fourth-order valence-electron chi connectivity index (χ4n) is 1.71. The van der Waals surface area contributed by atoms with E-state index in [1.807, 2.05) is 6.92 Å². The molecular weight excluding hydrogens is 248 g/mol. The molecular formula is C11H14N6O2. The molecule has 1 atom stereocenters. The van der Waals surface area contributed by atoms with Crippen molar-refractivity contribution in [2.75, 3.05) is 11.1 Å². The Balaban J connectivity index is 2.19. The van der Waals surface area contributed by atoms with E-state index in [2.05, 4.69) is 20.3 Å². The number of anilines is 2. The Morgan fingerprint density at radius 1 is 1.58 bits per heavy atom. The van der Waals surface area contributed by atoms with Crippen molar-refractivity contribution in [3.05, 3.63) is 40.5 Å². The molecule has 100 valence electrons. The molecule has 0 saturated carbocycles. The van der Waals surface area contributed by atoms with Gasteiger partial charge in [0.05, 0.1) is 11.0 Å². The molecule has 2 rings (SSSR count). The SMILES string of the molecule is CCC(Nc1ccc([N+](=O)[O-])c(N)n1)c1ncc[nH]1. The van der Waals surface area contributed by atoms with E-state index in [0.29, 0.717) is 5.82 Å². The van der Waals surface area contributed by atoms with Crippen molar-refractivity contribution >= 4 is 17.3 Å². The number of hydrogen-bond donors (Lipinski definition) is 3. The second-order valence-electron chi connectivity index (χ2n) is 3.94. The first-order valence-corrected chi connectivity index (χ1v) is 5.78. The molecule has 2 heterocycles. The van der Waals surface area contributed by atoms with E-state index in [0.717, 1.165) is 12.2 Å². The van der Waals surface area contributed by atoms with Crippen LogP contribution < -0.4 is 11.1 Å². The van der Waals surface area contributed by atoms with Crippen molar-refractivity contribution in [3.63, 3.8) is 0 Å². The maximum atomic E-state index is 10.6. The third-order valence-corrected chi connectivity index (χ3v) is 2.68. The number of nitrogens with two attached hydrogens (primary N) is 1. The summed E-state index contributed by atoms with van der Waals surface area (Å²) in [6, 6.07) is 2.81. The van der Waals surface area contributed by atoms with Crippen LogP contribution in [0.1, 0.15) is 25.2 Å². The van der Waals surface area contributed by atoms with E-state index in [4.69, 9.17) is 5.73 Å². The van der Waals surface area contributed by atoms with Crippen molar-refractivity contribution in [2.45, 2.75) is 19.4 Å². The Morgan fingerprint density at radius 3 is 2.89 bits per heavy atom. The van der Waals surface area contributed by atoms with Crippen LogP contribution in [0.25, 0.3) is 0 Å². The maximum Gasteiger partial charge on any atom is 0.311 e. The van der Waals surface area contributed by atoms with Crippen molar-refractivity contribution in [2.24, 2.45) is 0 Å². The lowest BCUT2D eigenvalue weighted by Gasteiger charge is -2.15. The minimum Gasteiger partial charge on any atom is -0.378 e. The van der Waals surface area contributed by atoms with Gasteiger partial charge in [-0.2, -0.15) is 0 Å². The topological polar surface area (TPSA) is 123 Å². The summed E-state index contributed by atoms with van der Waals surface area (Å²) in [5, 5.41) is 13.8. The summed E-state index contributed by atoms with van der Waals surface area (Å²) < 4.78 is 0. The van der Waals surface area contributed by atoms with Crippen LogP contribution in [0.15, 0.2) is 24.5 Å². The first-order valence-electron chi connectivity index (χ1n) is 5.78. The van der Waals surface area contributed by atoms with E-state index in [1.54, 1.807) is 12.4 Å². The van der Waals surface area contributed by atoms with E-state index in [9.17, 15) is 10.1 Å². The standard InChI is InChI=1S/C11H14N6O2/c1-2-7(11-13-5-6-14-11)15-9-4-3-8(17(18)19)10(12)16-9/h3-7H,2H2,1H3,(H,13,14)(H3,12,15,16). The zero-order valence-corrected chi connectivity index (χ0v) is 10.3. The lowest BCUT2D eigenvalue weighted by atomic mass is 10.2. The molecule has 19 heavy (non-hydrogen) atoms. The van der Waals surface area contributed by atoms with Gasteiger partial charge in [-0.15, -0.1) is 0 Å². The summed E-state index contributed by atoms with van der Waals surface area (Å²) in [7, 11) is 0. The van der Waals surface area contributed by atoms with E-state index < -0.39 is 4.92 Å². The van der Waals surface area contributed by atoms with Crippen LogP contribution in [0.2, 0.25) is 0 Å². The molecule has 0 fully saturated rings. The summed E-state index contributed by atoms with van der Waals surface area (Å²) in [5.41, 5.74) is 5.34. The molecule has 2 aromatic heterocycles. The van der Waals surface area contributed by atoms with Crippen LogP contribution in [0.5, 0.6) is 0 Å². The number of H-pyrrole nitrogens is 1. The molecule has 0 spiro atoms. The summed E-state index contributed by atoms with van der Waals surface area (Å²) in [5.74, 6) is 1.15. The molecule has 0 saturated heterocycles. The van der Waals surface area contributed by atoms with Gasteiger partial charge in [-0.1, -0.05) is 6.92 Å². The van der Waals surface area contributed by atoms with E-state index >= 15 is 0 Å². The van der Waals surface area contributed by atoms with Crippen LogP contribution in [-0.2, 0) is 0 Å². The van der Waals surface area contributed by atoms with Crippen LogP contribution in [-0.4, -0.2) is 19.9 Å². The number of aromatic nitrogens is 3. The van der Waals surface area contributed by atoms with Gasteiger partial charge in [-0.25, -0.2) is 9.97 Å². The Labute approximate surface area is 109 Å². The molecule has 4 N–H and O–H groups in total. The monoisotopic (exact) mass is 262 g/mol. The molecule has 1 unspecified atom stereocenters. The van der Waals surface area contributed by atoms with Crippen LogP contribution in [0.3, 0.4) is 0 Å². The summed E-state index contributed by atoms with van der Waals surface area (Å²) in [4.78, 5) is 21.2. The van der Waals surface area contributed by atoms with Gasteiger partial charge in [0.2, 0.25) is 5.82 Å². The van der Waals surface area contributed by atoms with Crippen LogP contribution >= 0.6 is 0 Å². The number of nitrogen functional groups attached to an aromatic ring is 1. The summed E-state index contributed by atoms with van der Waals surface area (Å²) in [6.07, 6.45) is 4.18. The Hall–Kier alpha value is -2.64. The van der Waals surface area contributed by atoms with Gasteiger partial charge < -0.3 is 16.0 Å². The highest BCUT2D eigenvalue weighted by Crippen LogP contribution is 2.24. The molecule has 2 aromatic rings. The highest BCUT2D eigenvalue weighted by atomic mass is 16.6. The quantitative estimate of drug-likeness (QED) is 0.558. The largest absolute Gasteiger partial charge is 0.378 e. The summed E-state index contributed by atoms with van der Waals surface area (Å²) >= 11 is 0. The minimum atomic E-state index is -0.560. The predicted octanol–water partition coefficient (Wildman–Crippen LogP) is 1.86. The number of nitrogens with one attached hydrogen (secondary N) is 2. The molecule has 0 bridgehead atoms. The van der Waals surface area contributed by atoms with Crippen molar-refractivity contribution in [1.82, 2.24) is 15.0 Å². The maximum absolute atomic E-state index is 10.6. The lowest BCUT2D eigenvalue weighted by molar-refractivity contribution is -0.384. The Kier molecular flexibility index (Phi) is 3.60. The highest BCUT2D eigenvalue weighted by Gasteiger charge is 2.16. The van der Waals surface area contributed by atoms with Gasteiger partial charge in [-0.3, -0.25) is 10.1 Å². The second kappa shape index (κ2) is 5.34. The molecule has 0 aliphatic rings.